The average Bonchev–Trinajstić information content (AvgIpc) is 2.14. The number of hydrogen-bond donors (Lipinski definition) is 1. The highest BCUT2D eigenvalue weighted by molar-refractivity contribution is 7.89. The Labute approximate surface area is 109 Å². The molecule has 0 bridgehead atoms. The number of hydrogen-bond acceptors (Lipinski definition) is 3. The summed E-state index contributed by atoms with van der Waals surface area (Å²) in [6.07, 6.45) is 2.71. The molecule has 0 aromatic rings. The molecule has 2 atom stereocenters. The van der Waals surface area contributed by atoms with Gasteiger partial charge in [-0.1, -0.05) is 6.42 Å². The van der Waals surface area contributed by atoms with Gasteiger partial charge in [-0.05, 0) is 40.5 Å². The Hall–Kier alpha value is -0.620. The van der Waals surface area contributed by atoms with E-state index in [0.717, 1.165) is 19.3 Å². The summed E-state index contributed by atoms with van der Waals surface area (Å²) >= 11 is 0. The first kappa shape index (κ1) is 15.4. The number of piperidine rings is 1. The van der Waals surface area contributed by atoms with E-state index < -0.39 is 21.4 Å². The topological polar surface area (TPSA) is 74.7 Å². The van der Waals surface area contributed by atoms with E-state index in [4.69, 9.17) is 5.11 Å². The lowest BCUT2D eigenvalue weighted by molar-refractivity contribution is -0.145. The maximum absolute atomic E-state index is 12.4. The van der Waals surface area contributed by atoms with Gasteiger partial charge >= 0.3 is 5.97 Å². The lowest BCUT2D eigenvalue weighted by Crippen LogP contribution is -2.50. The van der Waals surface area contributed by atoms with Crippen molar-refractivity contribution < 1.29 is 18.3 Å². The average molecular weight is 277 g/mol. The van der Waals surface area contributed by atoms with Crippen molar-refractivity contribution in [3.05, 3.63) is 0 Å². The minimum atomic E-state index is -3.53. The Morgan fingerprint density at radius 3 is 2.11 bits per heavy atom. The Bertz CT molecular complexity index is 406. The van der Waals surface area contributed by atoms with E-state index in [0.29, 0.717) is 0 Å². The zero-order chi connectivity index (χ0) is 14.1. The van der Waals surface area contributed by atoms with Crippen LogP contribution in [0.3, 0.4) is 0 Å². The number of carbonyl (C=O) groups is 1. The molecule has 1 fully saturated rings. The van der Waals surface area contributed by atoms with Crippen LogP contribution in [0.25, 0.3) is 0 Å². The summed E-state index contributed by atoms with van der Waals surface area (Å²) in [4.78, 5) is 11.1. The van der Waals surface area contributed by atoms with Gasteiger partial charge in [-0.15, -0.1) is 0 Å². The zero-order valence-electron chi connectivity index (χ0n) is 11.5. The van der Waals surface area contributed by atoms with Crippen LogP contribution in [0.2, 0.25) is 0 Å². The molecule has 6 heteroatoms. The Kier molecular flexibility index (Phi) is 4.43. The van der Waals surface area contributed by atoms with E-state index in [1.807, 2.05) is 13.8 Å². The Morgan fingerprint density at radius 2 is 1.72 bits per heavy atom. The third-order valence-electron chi connectivity index (χ3n) is 3.56. The maximum Gasteiger partial charge on any atom is 0.310 e. The molecule has 0 amide bonds. The molecule has 106 valence electrons. The smallest absolute Gasteiger partial charge is 0.310 e. The van der Waals surface area contributed by atoms with E-state index in [1.165, 1.54) is 18.2 Å². The molecule has 18 heavy (non-hydrogen) atoms. The molecule has 0 spiro atoms. The molecule has 1 aliphatic rings. The van der Waals surface area contributed by atoms with Gasteiger partial charge in [0.15, 0.2) is 0 Å². The number of sulfonamides is 1. The molecule has 0 radical (unpaired) electrons. The minimum Gasteiger partial charge on any atom is -0.481 e. The van der Waals surface area contributed by atoms with Crippen molar-refractivity contribution in [2.24, 2.45) is 5.41 Å². The molecule has 1 rings (SSSR count). The number of carboxylic acids is 1. The van der Waals surface area contributed by atoms with E-state index >= 15 is 0 Å². The molecule has 0 saturated carbocycles. The van der Waals surface area contributed by atoms with E-state index in [9.17, 15) is 13.2 Å². The standard InChI is InChI=1S/C12H23NO4S/c1-9-6-5-7-10(2)13(9)18(16,17)8-12(3,4)11(14)15/h9-10H,5-8H2,1-4H3,(H,14,15). The molecule has 1 aliphatic heterocycles. The molecule has 0 aromatic carbocycles. The molecule has 0 aromatic heterocycles. The van der Waals surface area contributed by atoms with Crippen LogP contribution in [0.5, 0.6) is 0 Å². The largest absolute Gasteiger partial charge is 0.481 e. The zero-order valence-corrected chi connectivity index (χ0v) is 12.3. The van der Waals surface area contributed by atoms with E-state index in [2.05, 4.69) is 0 Å². The second-order valence-electron chi connectivity index (χ2n) is 5.90. The predicted molar refractivity (Wildman–Crippen MR) is 69.8 cm³/mol. The third-order valence-corrected chi connectivity index (χ3v) is 6.00. The van der Waals surface area contributed by atoms with Gasteiger partial charge in [-0.3, -0.25) is 4.79 Å². The van der Waals surface area contributed by atoms with Crippen molar-refractivity contribution in [2.75, 3.05) is 5.75 Å². The van der Waals surface area contributed by atoms with Gasteiger partial charge in [0, 0.05) is 12.1 Å². The first-order valence-corrected chi connectivity index (χ1v) is 7.93. The summed E-state index contributed by atoms with van der Waals surface area (Å²) in [6, 6.07) is -0.0771. The lowest BCUT2D eigenvalue weighted by atomic mass is 9.97. The second kappa shape index (κ2) is 5.17. The van der Waals surface area contributed by atoms with Crippen molar-refractivity contribution in [1.29, 1.82) is 0 Å². The molecule has 5 nitrogen and oxygen atoms in total. The van der Waals surface area contributed by atoms with Gasteiger partial charge in [-0.25, -0.2) is 8.42 Å². The van der Waals surface area contributed by atoms with Crippen LogP contribution >= 0.6 is 0 Å². The van der Waals surface area contributed by atoms with Gasteiger partial charge < -0.3 is 5.11 Å². The molecule has 1 N–H and O–H groups in total. The fraction of sp³-hybridized carbons (Fsp3) is 0.917. The minimum absolute atomic E-state index is 0.0386. The van der Waals surface area contributed by atoms with Gasteiger partial charge in [0.05, 0.1) is 11.2 Å². The van der Waals surface area contributed by atoms with Crippen LogP contribution in [0, 0.1) is 5.41 Å². The van der Waals surface area contributed by atoms with Crippen LogP contribution in [0.15, 0.2) is 0 Å². The molecular formula is C12H23NO4S. The van der Waals surface area contributed by atoms with Crippen LogP contribution in [-0.2, 0) is 14.8 Å². The highest BCUT2D eigenvalue weighted by Crippen LogP contribution is 2.29. The van der Waals surface area contributed by atoms with Crippen molar-refractivity contribution in [3.8, 4) is 0 Å². The summed E-state index contributed by atoms with van der Waals surface area (Å²) in [5.74, 6) is -1.42. The summed E-state index contributed by atoms with van der Waals surface area (Å²) < 4.78 is 26.3. The summed E-state index contributed by atoms with van der Waals surface area (Å²) in [7, 11) is -3.53. The van der Waals surface area contributed by atoms with Crippen molar-refractivity contribution >= 4 is 16.0 Å². The van der Waals surface area contributed by atoms with Crippen molar-refractivity contribution in [1.82, 2.24) is 4.31 Å². The number of aliphatic carboxylic acids is 1. The monoisotopic (exact) mass is 277 g/mol. The summed E-state index contributed by atoms with van der Waals surface area (Å²) in [5.41, 5.74) is -1.25. The van der Waals surface area contributed by atoms with Crippen molar-refractivity contribution in [2.45, 2.75) is 59.0 Å². The maximum atomic E-state index is 12.4. The number of rotatable bonds is 4. The number of carboxylic acid groups (broad SMARTS) is 1. The number of nitrogens with zero attached hydrogens (tertiary/aromatic N) is 1. The van der Waals surface area contributed by atoms with Crippen LogP contribution < -0.4 is 0 Å². The van der Waals surface area contributed by atoms with E-state index in [1.54, 1.807) is 0 Å². The van der Waals surface area contributed by atoms with Gasteiger partial charge in [0.25, 0.3) is 0 Å². The Morgan fingerprint density at radius 1 is 1.28 bits per heavy atom. The van der Waals surface area contributed by atoms with Crippen molar-refractivity contribution in [3.63, 3.8) is 0 Å². The third kappa shape index (κ3) is 3.23. The lowest BCUT2D eigenvalue weighted by Gasteiger charge is -2.39. The summed E-state index contributed by atoms with van der Waals surface area (Å²) in [5, 5.41) is 9.05. The molecular weight excluding hydrogens is 254 g/mol. The Balaban J connectivity index is 2.95. The highest BCUT2D eigenvalue weighted by atomic mass is 32.2. The fourth-order valence-electron chi connectivity index (χ4n) is 2.54. The molecule has 1 heterocycles. The molecule has 1 saturated heterocycles. The molecule has 0 aliphatic carbocycles. The predicted octanol–water partition coefficient (Wildman–Crippen LogP) is 1.69. The van der Waals surface area contributed by atoms with Gasteiger partial charge in [0.1, 0.15) is 0 Å². The first-order chi connectivity index (χ1) is 8.08. The van der Waals surface area contributed by atoms with Crippen LogP contribution in [-0.4, -0.2) is 41.6 Å². The van der Waals surface area contributed by atoms with Gasteiger partial charge in [0.2, 0.25) is 10.0 Å². The van der Waals surface area contributed by atoms with E-state index in [-0.39, 0.29) is 17.8 Å². The second-order valence-corrected chi connectivity index (χ2v) is 7.78. The highest BCUT2D eigenvalue weighted by Gasteiger charge is 2.40. The van der Waals surface area contributed by atoms with Crippen LogP contribution in [0.4, 0.5) is 0 Å². The quantitative estimate of drug-likeness (QED) is 0.848. The SMILES string of the molecule is CC1CCCC(C)N1S(=O)(=O)CC(C)(C)C(=O)O. The molecule has 2 unspecified atom stereocenters. The first-order valence-electron chi connectivity index (χ1n) is 6.32. The van der Waals surface area contributed by atoms with Gasteiger partial charge in [-0.2, -0.15) is 4.31 Å². The fourth-order valence-corrected chi connectivity index (χ4v) is 5.03. The summed E-state index contributed by atoms with van der Waals surface area (Å²) in [6.45, 7) is 6.68. The normalized spacial score (nSPS) is 27.1. The van der Waals surface area contributed by atoms with Crippen LogP contribution in [0.1, 0.15) is 47.0 Å².